The van der Waals surface area contributed by atoms with E-state index in [1.807, 2.05) is 29.6 Å². The van der Waals surface area contributed by atoms with Crippen LogP contribution in [0.4, 0.5) is 0 Å². The highest BCUT2D eigenvalue weighted by molar-refractivity contribution is 7.09. The molecule has 2 N–H and O–H groups in total. The molecule has 0 amide bonds. The Balaban J connectivity index is 2.23. The number of thiazole rings is 1. The number of nitrogens with two attached hydrogens (primary N) is 1. The zero-order valence-electron chi connectivity index (χ0n) is 10.3. The van der Waals surface area contributed by atoms with Gasteiger partial charge < -0.3 is 5.73 Å². The number of aryl methyl sites for hydroxylation is 1. The fourth-order valence-corrected chi connectivity index (χ4v) is 2.53. The van der Waals surface area contributed by atoms with Crippen LogP contribution in [0.5, 0.6) is 0 Å². The average Bonchev–Trinajstić information content (AvgIpc) is 2.87. The number of ketones is 1. The van der Waals surface area contributed by atoms with Crippen LogP contribution < -0.4 is 5.73 Å². The number of hydrogen-bond acceptors (Lipinski definition) is 4. The molecule has 0 fully saturated rings. The standard InChI is InChI=1S/C14H16N2OS/c1-2-10-4-3-5-11(8-10)14(17)12-9-18-13(16-12)6-7-15/h3-5,8-9H,2,6-7,15H2,1H3. The first-order chi connectivity index (χ1) is 8.74. The molecule has 0 bridgehead atoms. The van der Waals surface area contributed by atoms with Crippen molar-refractivity contribution in [3.05, 3.63) is 51.5 Å². The lowest BCUT2D eigenvalue weighted by molar-refractivity contribution is 0.103. The van der Waals surface area contributed by atoms with Gasteiger partial charge >= 0.3 is 0 Å². The van der Waals surface area contributed by atoms with E-state index in [4.69, 9.17) is 5.73 Å². The third kappa shape index (κ3) is 2.83. The van der Waals surface area contributed by atoms with Gasteiger partial charge in [-0.05, 0) is 24.6 Å². The summed E-state index contributed by atoms with van der Waals surface area (Å²) in [7, 11) is 0. The number of nitrogens with zero attached hydrogens (tertiary/aromatic N) is 1. The molecule has 94 valence electrons. The number of aromatic nitrogens is 1. The van der Waals surface area contributed by atoms with E-state index < -0.39 is 0 Å². The quantitative estimate of drug-likeness (QED) is 0.840. The molecule has 0 aliphatic carbocycles. The van der Waals surface area contributed by atoms with Gasteiger partial charge in [0.1, 0.15) is 5.69 Å². The topological polar surface area (TPSA) is 56.0 Å². The van der Waals surface area contributed by atoms with Gasteiger partial charge in [-0.2, -0.15) is 0 Å². The van der Waals surface area contributed by atoms with Gasteiger partial charge in [0.05, 0.1) is 5.01 Å². The molecule has 0 atom stereocenters. The van der Waals surface area contributed by atoms with Crippen molar-refractivity contribution in [3.8, 4) is 0 Å². The highest BCUT2D eigenvalue weighted by atomic mass is 32.1. The molecule has 0 radical (unpaired) electrons. The predicted octanol–water partition coefficient (Wildman–Crippen LogP) is 2.44. The van der Waals surface area contributed by atoms with Crippen molar-refractivity contribution in [1.82, 2.24) is 4.98 Å². The molecule has 0 spiro atoms. The highest BCUT2D eigenvalue weighted by Gasteiger charge is 2.13. The second kappa shape index (κ2) is 5.89. The zero-order chi connectivity index (χ0) is 13.0. The van der Waals surface area contributed by atoms with E-state index in [0.29, 0.717) is 17.8 Å². The van der Waals surface area contributed by atoms with Gasteiger partial charge in [-0.15, -0.1) is 11.3 Å². The summed E-state index contributed by atoms with van der Waals surface area (Å²) < 4.78 is 0. The monoisotopic (exact) mass is 260 g/mol. The predicted molar refractivity (Wildman–Crippen MR) is 74.1 cm³/mol. The molecule has 0 saturated heterocycles. The van der Waals surface area contributed by atoms with Crippen molar-refractivity contribution < 1.29 is 4.79 Å². The summed E-state index contributed by atoms with van der Waals surface area (Å²) in [4.78, 5) is 16.6. The van der Waals surface area contributed by atoms with Gasteiger partial charge in [-0.3, -0.25) is 4.79 Å². The van der Waals surface area contributed by atoms with Crippen LogP contribution in [0.3, 0.4) is 0 Å². The Morgan fingerprint density at radius 2 is 2.28 bits per heavy atom. The normalized spacial score (nSPS) is 10.6. The minimum atomic E-state index is -0.00942. The maximum absolute atomic E-state index is 12.2. The lowest BCUT2D eigenvalue weighted by Crippen LogP contribution is -2.05. The first-order valence-corrected chi connectivity index (χ1v) is 6.90. The van der Waals surface area contributed by atoms with Gasteiger partial charge in [0.2, 0.25) is 5.78 Å². The van der Waals surface area contributed by atoms with Gasteiger partial charge in [-0.1, -0.05) is 25.1 Å². The fourth-order valence-electron chi connectivity index (χ4n) is 1.73. The van der Waals surface area contributed by atoms with Gasteiger partial charge in [-0.25, -0.2) is 4.98 Å². The van der Waals surface area contributed by atoms with Crippen molar-refractivity contribution in [3.63, 3.8) is 0 Å². The maximum Gasteiger partial charge on any atom is 0.212 e. The smallest absolute Gasteiger partial charge is 0.212 e. The zero-order valence-corrected chi connectivity index (χ0v) is 11.2. The van der Waals surface area contributed by atoms with Crippen LogP contribution in [0.2, 0.25) is 0 Å². The molecular formula is C14H16N2OS. The number of benzene rings is 1. The summed E-state index contributed by atoms with van der Waals surface area (Å²) in [5, 5.41) is 2.74. The molecule has 0 saturated carbocycles. The molecule has 0 aliphatic rings. The van der Waals surface area contributed by atoms with Crippen molar-refractivity contribution in [2.75, 3.05) is 6.54 Å². The average molecular weight is 260 g/mol. The number of carbonyl (C=O) groups excluding carboxylic acids is 1. The summed E-state index contributed by atoms with van der Waals surface area (Å²) in [5.41, 5.74) is 7.87. The molecule has 1 heterocycles. The first kappa shape index (κ1) is 12.9. The van der Waals surface area contributed by atoms with Gasteiger partial charge in [0.25, 0.3) is 0 Å². The molecular weight excluding hydrogens is 244 g/mol. The molecule has 2 aromatic rings. The second-order valence-electron chi connectivity index (χ2n) is 4.05. The van der Waals surface area contributed by atoms with E-state index in [1.165, 1.54) is 16.9 Å². The molecule has 2 rings (SSSR count). The highest BCUT2D eigenvalue weighted by Crippen LogP contribution is 2.15. The molecule has 1 aromatic carbocycles. The second-order valence-corrected chi connectivity index (χ2v) is 4.99. The summed E-state index contributed by atoms with van der Waals surface area (Å²) in [6.45, 7) is 2.64. The molecule has 1 aromatic heterocycles. The Morgan fingerprint density at radius 1 is 1.44 bits per heavy atom. The Labute approximate surface area is 111 Å². The van der Waals surface area contributed by atoms with E-state index in [1.54, 1.807) is 0 Å². The van der Waals surface area contributed by atoms with E-state index in [-0.39, 0.29) is 5.78 Å². The number of carbonyl (C=O) groups is 1. The molecule has 18 heavy (non-hydrogen) atoms. The summed E-state index contributed by atoms with van der Waals surface area (Å²) in [5.74, 6) is -0.00942. The molecule has 3 nitrogen and oxygen atoms in total. The van der Waals surface area contributed by atoms with Gasteiger partial charge in [0.15, 0.2) is 0 Å². The van der Waals surface area contributed by atoms with E-state index in [2.05, 4.69) is 11.9 Å². The van der Waals surface area contributed by atoms with Crippen molar-refractivity contribution in [2.45, 2.75) is 19.8 Å². The summed E-state index contributed by atoms with van der Waals surface area (Å²) in [6, 6.07) is 7.71. The lowest BCUT2D eigenvalue weighted by atomic mass is 10.0. The minimum absolute atomic E-state index is 0.00942. The molecule has 4 heteroatoms. The van der Waals surface area contributed by atoms with Crippen LogP contribution in [0.25, 0.3) is 0 Å². The fraction of sp³-hybridized carbons (Fsp3) is 0.286. The van der Waals surface area contributed by atoms with Crippen LogP contribution in [0, 0.1) is 0 Å². The van der Waals surface area contributed by atoms with E-state index >= 15 is 0 Å². The van der Waals surface area contributed by atoms with Crippen LogP contribution in [-0.2, 0) is 12.8 Å². The van der Waals surface area contributed by atoms with E-state index in [9.17, 15) is 4.79 Å². The molecule has 0 aliphatic heterocycles. The van der Waals surface area contributed by atoms with Crippen LogP contribution in [0.15, 0.2) is 29.6 Å². The number of hydrogen-bond donors (Lipinski definition) is 1. The van der Waals surface area contributed by atoms with Crippen molar-refractivity contribution in [1.29, 1.82) is 0 Å². The van der Waals surface area contributed by atoms with Crippen molar-refractivity contribution in [2.24, 2.45) is 5.73 Å². The third-order valence-corrected chi connectivity index (χ3v) is 3.65. The minimum Gasteiger partial charge on any atom is -0.330 e. The first-order valence-electron chi connectivity index (χ1n) is 6.02. The van der Waals surface area contributed by atoms with Crippen LogP contribution in [0.1, 0.15) is 33.5 Å². The Hall–Kier alpha value is -1.52. The number of rotatable bonds is 5. The summed E-state index contributed by atoms with van der Waals surface area (Å²) in [6.07, 6.45) is 1.66. The molecule has 0 unspecified atom stereocenters. The SMILES string of the molecule is CCc1cccc(C(=O)c2csc(CCN)n2)c1. The maximum atomic E-state index is 12.2. The van der Waals surface area contributed by atoms with Crippen molar-refractivity contribution >= 4 is 17.1 Å². The van der Waals surface area contributed by atoms with Gasteiger partial charge in [0, 0.05) is 17.4 Å². The largest absolute Gasteiger partial charge is 0.330 e. The lowest BCUT2D eigenvalue weighted by Gasteiger charge is -2.00. The Bertz CT molecular complexity index is 548. The summed E-state index contributed by atoms with van der Waals surface area (Å²) >= 11 is 1.50. The third-order valence-electron chi connectivity index (χ3n) is 2.74. The van der Waals surface area contributed by atoms with E-state index in [0.717, 1.165) is 17.8 Å². The van der Waals surface area contributed by atoms with Crippen LogP contribution >= 0.6 is 11.3 Å². The Kier molecular flexibility index (Phi) is 4.23. The Morgan fingerprint density at radius 3 is 3.00 bits per heavy atom. The van der Waals surface area contributed by atoms with Crippen LogP contribution in [-0.4, -0.2) is 17.3 Å².